The summed E-state index contributed by atoms with van der Waals surface area (Å²) >= 11 is 0. The number of ether oxygens (including phenoxy) is 1. The van der Waals surface area contributed by atoms with Gasteiger partial charge in [0.1, 0.15) is 0 Å². The first-order valence-electron chi connectivity index (χ1n) is 6.52. The molecule has 2 aliphatic heterocycles. The van der Waals surface area contributed by atoms with E-state index in [4.69, 9.17) is 4.74 Å². The molecule has 98 valence electrons. The lowest BCUT2D eigenvalue weighted by Crippen LogP contribution is -2.51. The highest BCUT2D eigenvalue weighted by atomic mass is 19.1. The van der Waals surface area contributed by atoms with Crippen LogP contribution in [0, 0.1) is 5.82 Å². The van der Waals surface area contributed by atoms with Gasteiger partial charge in [-0.1, -0.05) is 0 Å². The van der Waals surface area contributed by atoms with Gasteiger partial charge in [0.15, 0.2) is 11.6 Å². The highest BCUT2D eigenvalue weighted by Crippen LogP contribution is 2.20. The predicted molar refractivity (Wildman–Crippen MR) is 67.2 cm³/mol. The number of halogens is 1. The highest BCUT2D eigenvalue weighted by Gasteiger charge is 2.27. The standard InChI is InChI=1S/C13H18FN3O/c14-12-2-1-4-15-13(12)17-7-5-16(6-8-17)11-3-9-18-10-11/h1-2,4,11H,3,5-10H2. The lowest BCUT2D eigenvalue weighted by Gasteiger charge is -2.38. The second-order valence-electron chi connectivity index (χ2n) is 4.85. The Morgan fingerprint density at radius 1 is 1.28 bits per heavy atom. The van der Waals surface area contributed by atoms with Crippen LogP contribution in [-0.4, -0.2) is 55.3 Å². The van der Waals surface area contributed by atoms with Gasteiger partial charge in [-0.05, 0) is 18.6 Å². The molecule has 3 heterocycles. The molecule has 0 radical (unpaired) electrons. The van der Waals surface area contributed by atoms with E-state index in [-0.39, 0.29) is 5.82 Å². The van der Waals surface area contributed by atoms with E-state index in [2.05, 4.69) is 9.88 Å². The lowest BCUT2D eigenvalue weighted by molar-refractivity contribution is 0.138. The zero-order valence-corrected chi connectivity index (χ0v) is 10.4. The molecule has 5 heteroatoms. The van der Waals surface area contributed by atoms with Gasteiger partial charge in [0.05, 0.1) is 6.61 Å². The zero-order chi connectivity index (χ0) is 12.4. The van der Waals surface area contributed by atoms with E-state index >= 15 is 0 Å². The van der Waals surface area contributed by atoms with E-state index in [1.807, 2.05) is 4.90 Å². The Labute approximate surface area is 106 Å². The predicted octanol–water partition coefficient (Wildman–Crippen LogP) is 1.13. The van der Waals surface area contributed by atoms with Gasteiger partial charge < -0.3 is 9.64 Å². The third-order valence-electron chi connectivity index (χ3n) is 3.77. The van der Waals surface area contributed by atoms with Crippen molar-refractivity contribution in [3.63, 3.8) is 0 Å². The van der Waals surface area contributed by atoms with Crippen LogP contribution in [0.15, 0.2) is 18.3 Å². The van der Waals surface area contributed by atoms with Gasteiger partial charge in [-0.3, -0.25) is 4.90 Å². The molecule has 1 aromatic rings. The van der Waals surface area contributed by atoms with E-state index in [0.717, 1.165) is 45.8 Å². The van der Waals surface area contributed by atoms with Gasteiger partial charge in [0.25, 0.3) is 0 Å². The SMILES string of the molecule is Fc1cccnc1N1CCN(C2CCOC2)CC1. The van der Waals surface area contributed by atoms with Crippen molar-refractivity contribution >= 4 is 5.82 Å². The minimum Gasteiger partial charge on any atom is -0.380 e. The Morgan fingerprint density at radius 2 is 2.11 bits per heavy atom. The molecule has 1 atom stereocenters. The average molecular weight is 251 g/mol. The number of hydrogen-bond acceptors (Lipinski definition) is 4. The maximum Gasteiger partial charge on any atom is 0.165 e. The van der Waals surface area contributed by atoms with Crippen LogP contribution in [0.5, 0.6) is 0 Å². The number of aromatic nitrogens is 1. The van der Waals surface area contributed by atoms with E-state index in [0.29, 0.717) is 11.9 Å². The normalized spacial score (nSPS) is 25.6. The Hall–Kier alpha value is -1.20. The molecule has 4 nitrogen and oxygen atoms in total. The number of nitrogens with zero attached hydrogens (tertiary/aromatic N) is 3. The molecule has 1 aromatic heterocycles. The molecule has 0 N–H and O–H groups in total. The highest BCUT2D eigenvalue weighted by molar-refractivity contribution is 5.40. The van der Waals surface area contributed by atoms with Crippen molar-refractivity contribution in [2.45, 2.75) is 12.5 Å². The molecule has 1 unspecified atom stereocenters. The first-order chi connectivity index (χ1) is 8.84. The summed E-state index contributed by atoms with van der Waals surface area (Å²) in [6, 6.07) is 3.66. The molecule has 0 aromatic carbocycles. The number of rotatable bonds is 2. The summed E-state index contributed by atoms with van der Waals surface area (Å²) in [5.41, 5.74) is 0. The third kappa shape index (κ3) is 2.33. The summed E-state index contributed by atoms with van der Waals surface area (Å²) in [7, 11) is 0. The fourth-order valence-corrected chi connectivity index (χ4v) is 2.72. The van der Waals surface area contributed by atoms with Crippen LogP contribution < -0.4 is 4.90 Å². The van der Waals surface area contributed by atoms with Crippen LogP contribution in [0.1, 0.15) is 6.42 Å². The molecule has 2 aliphatic rings. The smallest absolute Gasteiger partial charge is 0.165 e. The monoisotopic (exact) mass is 251 g/mol. The quantitative estimate of drug-likeness (QED) is 0.788. The van der Waals surface area contributed by atoms with Crippen molar-refractivity contribution in [3.8, 4) is 0 Å². The van der Waals surface area contributed by atoms with Gasteiger partial charge in [0.2, 0.25) is 0 Å². The fraction of sp³-hybridized carbons (Fsp3) is 0.615. The average Bonchev–Trinajstić information content (AvgIpc) is 2.94. The molecular weight excluding hydrogens is 233 g/mol. The van der Waals surface area contributed by atoms with Crippen molar-refractivity contribution < 1.29 is 9.13 Å². The van der Waals surface area contributed by atoms with Crippen LogP contribution in [-0.2, 0) is 4.74 Å². The molecule has 2 saturated heterocycles. The number of anilines is 1. The summed E-state index contributed by atoms with van der Waals surface area (Å²) in [5.74, 6) is 0.259. The van der Waals surface area contributed by atoms with Crippen LogP contribution in [0.4, 0.5) is 10.2 Å². The van der Waals surface area contributed by atoms with E-state index < -0.39 is 0 Å². The van der Waals surface area contributed by atoms with Crippen molar-refractivity contribution in [2.75, 3.05) is 44.3 Å². The first-order valence-corrected chi connectivity index (χ1v) is 6.52. The molecule has 0 amide bonds. The van der Waals surface area contributed by atoms with Gasteiger partial charge in [0, 0.05) is 45.0 Å². The fourth-order valence-electron chi connectivity index (χ4n) is 2.72. The molecule has 0 aliphatic carbocycles. The molecule has 3 rings (SSSR count). The minimum absolute atomic E-state index is 0.227. The van der Waals surface area contributed by atoms with Crippen LogP contribution in [0.25, 0.3) is 0 Å². The zero-order valence-electron chi connectivity index (χ0n) is 10.4. The molecule has 2 fully saturated rings. The molecule has 18 heavy (non-hydrogen) atoms. The largest absolute Gasteiger partial charge is 0.380 e. The Kier molecular flexibility index (Phi) is 3.43. The van der Waals surface area contributed by atoms with E-state index in [1.165, 1.54) is 6.07 Å². The topological polar surface area (TPSA) is 28.6 Å². The third-order valence-corrected chi connectivity index (χ3v) is 3.77. The van der Waals surface area contributed by atoms with Crippen LogP contribution in [0.2, 0.25) is 0 Å². The summed E-state index contributed by atoms with van der Waals surface area (Å²) in [6.45, 7) is 5.32. The number of pyridine rings is 1. The summed E-state index contributed by atoms with van der Waals surface area (Å²) in [6.07, 6.45) is 2.77. The van der Waals surface area contributed by atoms with Crippen molar-refractivity contribution in [1.29, 1.82) is 0 Å². The van der Waals surface area contributed by atoms with Gasteiger partial charge >= 0.3 is 0 Å². The van der Waals surface area contributed by atoms with E-state index in [1.54, 1.807) is 12.3 Å². The van der Waals surface area contributed by atoms with Crippen LogP contribution in [0.3, 0.4) is 0 Å². The minimum atomic E-state index is -0.227. The maximum atomic E-state index is 13.6. The Morgan fingerprint density at radius 3 is 2.78 bits per heavy atom. The second kappa shape index (κ2) is 5.20. The lowest BCUT2D eigenvalue weighted by atomic mass is 10.2. The number of hydrogen-bond donors (Lipinski definition) is 0. The van der Waals surface area contributed by atoms with Crippen molar-refractivity contribution in [1.82, 2.24) is 9.88 Å². The summed E-state index contributed by atoms with van der Waals surface area (Å²) in [5, 5.41) is 0. The molecular formula is C13H18FN3O. The first kappa shape index (κ1) is 11.9. The maximum absolute atomic E-state index is 13.6. The van der Waals surface area contributed by atoms with Gasteiger partial charge in [-0.25, -0.2) is 9.37 Å². The Balaban J connectivity index is 1.61. The summed E-state index contributed by atoms with van der Waals surface area (Å²) in [4.78, 5) is 8.61. The molecule has 0 saturated carbocycles. The molecule has 0 bridgehead atoms. The van der Waals surface area contributed by atoms with Gasteiger partial charge in [-0.2, -0.15) is 0 Å². The van der Waals surface area contributed by atoms with Crippen molar-refractivity contribution in [2.24, 2.45) is 0 Å². The summed E-state index contributed by atoms with van der Waals surface area (Å²) < 4.78 is 19.0. The molecule has 0 spiro atoms. The van der Waals surface area contributed by atoms with Crippen molar-refractivity contribution in [3.05, 3.63) is 24.1 Å². The van der Waals surface area contributed by atoms with Crippen LogP contribution >= 0.6 is 0 Å². The van der Waals surface area contributed by atoms with Gasteiger partial charge in [-0.15, -0.1) is 0 Å². The Bertz CT molecular complexity index is 401. The second-order valence-corrected chi connectivity index (χ2v) is 4.85. The number of piperazine rings is 1. The van der Waals surface area contributed by atoms with E-state index in [9.17, 15) is 4.39 Å².